The van der Waals surface area contributed by atoms with E-state index in [-0.39, 0.29) is 12.1 Å². The predicted octanol–water partition coefficient (Wildman–Crippen LogP) is 3.03. The smallest absolute Gasteiger partial charge is 0.373 e. The Balaban J connectivity index is 0.000000187. The fourth-order valence-corrected chi connectivity index (χ4v) is 3.44. The first-order valence-corrected chi connectivity index (χ1v) is 11.7. The Morgan fingerprint density at radius 3 is 2.09 bits per heavy atom. The van der Waals surface area contributed by atoms with Crippen LogP contribution in [0.1, 0.15) is 53.0 Å². The molecule has 0 unspecified atom stereocenters. The number of halogens is 1. The first-order valence-electron chi connectivity index (χ1n) is 10.5. The minimum absolute atomic E-state index is 0.127. The Morgan fingerprint density at radius 1 is 1.06 bits per heavy atom. The van der Waals surface area contributed by atoms with Gasteiger partial charge in [-0.2, -0.15) is 9.59 Å². The fourth-order valence-electron chi connectivity index (χ4n) is 2.88. The number of pyridine rings is 2. The maximum absolute atomic E-state index is 11.9. The van der Waals surface area contributed by atoms with Crippen LogP contribution in [0, 0.1) is 6.92 Å². The molecular formula is C23H29BrN4O5. The molecule has 33 heavy (non-hydrogen) atoms. The molecule has 2 aliphatic carbocycles. The molecule has 178 valence electrons. The van der Waals surface area contributed by atoms with E-state index in [1.807, 2.05) is 30.0 Å². The van der Waals surface area contributed by atoms with Crippen LogP contribution >= 0.6 is 15.9 Å². The minimum Gasteiger partial charge on any atom is -0.481 e. The van der Waals surface area contributed by atoms with Crippen LogP contribution in [0.4, 0.5) is 0 Å². The van der Waals surface area contributed by atoms with Gasteiger partial charge in [-0.1, -0.05) is 22.0 Å². The third-order valence-corrected chi connectivity index (χ3v) is 5.62. The zero-order chi connectivity index (χ0) is 24.4. The van der Waals surface area contributed by atoms with Gasteiger partial charge in [-0.15, -0.1) is 0 Å². The van der Waals surface area contributed by atoms with Gasteiger partial charge in [0.05, 0.1) is 37.7 Å². The van der Waals surface area contributed by atoms with Crippen LogP contribution in [-0.4, -0.2) is 53.2 Å². The molecule has 10 heteroatoms. The third-order valence-electron chi connectivity index (χ3n) is 5.09. The van der Waals surface area contributed by atoms with Gasteiger partial charge in [0.15, 0.2) is 0 Å². The van der Waals surface area contributed by atoms with E-state index in [1.54, 1.807) is 20.3 Å². The summed E-state index contributed by atoms with van der Waals surface area (Å²) in [6.07, 6.45) is 5.05. The molecule has 0 atom stereocenters. The van der Waals surface area contributed by atoms with Crippen LogP contribution in [0.2, 0.25) is 0 Å². The molecule has 2 fully saturated rings. The molecule has 2 aromatic heterocycles. The molecule has 0 spiro atoms. The molecule has 2 N–H and O–H groups in total. The summed E-state index contributed by atoms with van der Waals surface area (Å²) in [6, 6.07) is 8.46. The predicted molar refractivity (Wildman–Crippen MR) is 124 cm³/mol. The topological polar surface area (TPSA) is 125 Å². The van der Waals surface area contributed by atoms with Gasteiger partial charge in [-0.25, -0.2) is 9.97 Å². The molecule has 1 aliphatic heterocycles. The first kappa shape index (κ1) is 26.4. The van der Waals surface area contributed by atoms with Gasteiger partial charge in [0.1, 0.15) is 0 Å². The van der Waals surface area contributed by atoms with E-state index in [0.29, 0.717) is 30.4 Å². The van der Waals surface area contributed by atoms with Crippen molar-refractivity contribution in [3.05, 3.63) is 46.8 Å². The molecular weight excluding hydrogens is 492 g/mol. The molecule has 9 nitrogen and oxygen atoms in total. The summed E-state index contributed by atoms with van der Waals surface area (Å²) < 4.78 is 10.0. The van der Waals surface area contributed by atoms with Crippen LogP contribution < -0.4 is 15.2 Å². The molecule has 2 aromatic rings. The Bertz CT molecular complexity index is 973. The number of carbonyl (C=O) groups excluding carboxylic acids is 3. The molecule has 1 amide bonds. The molecule has 3 heterocycles. The van der Waals surface area contributed by atoms with Crippen molar-refractivity contribution in [2.75, 3.05) is 14.2 Å². The SMILES string of the molecule is COc1ccc(C)c(CBr)n1.COc1ccc2c(n1)CN(C1CC1)C2=O.NC1CC1.O=C=O. The summed E-state index contributed by atoms with van der Waals surface area (Å²) in [5.41, 5.74) is 9.03. The van der Waals surface area contributed by atoms with Gasteiger partial charge >= 0.3 is 6.15 Å². The monoisotopic (exact) mass is 520 g/mol. The van der Waals surface area contributed by atoms with E-state index in [1.165, 1.54) is 18.4 Å². The number of hydrogen-bond acceptors (Lipinski definition) is 8. The Kier molecular flexibility index (Phi) is 10.4. The van der Waals surface area contributed by atoms with E-state index < -0.39 is 0 Å². The first-order chi connectivity index (χ1) is 15.9. The number of nitrogens with two attached hydrogens (primary N) is 1. The van der Waals surface area contributed by atoms with Crippen LogP contribution in [0.3, 0.4) is 0 Å². The minimum atomic E-state index is 0.127. The van der Waals surface area contributed by atoms with E-state index in [0.717, 1.165) is 35.1 Å². The number of fused-ring (bicyclic) bond motifs is 1. The van der Waals surface area contributed by atoms with Crippen molar-refractivity contribution < 1.29 is 23.9 Å². The van der Waals surface area contributed by atoms with Crippen molar-refractivity contribution >= 4 is 28.0 Å². The summed E-state index contributed by atoms with van der Waals surface area (Å²) in [7, 11) is 3.21. The number of amides is 1. The number of alkyl halides is 1. The molecule has 0 aromatic carbocycles. The van der Waals surface area contributed by atoms with E-state index in [4.69, 9.17) is 24.8 Å². The molecule has 2 saturated carbocycles. The standard InChI is InChI=1S/C11H12N2O2.C8H10BrNO.C3H7N.CO2/c1-15-10-5-4-8-9(12-10)6-13(11(8)14)7-2-3-7;1-6-3-4-8(11-2)10-7(6)5-9;4-3-1-2-3;2-1-3/h4-5,7H,2-3,6H2,1H3;3-4H,5H2,1-2H3;3H,1-2,4H2;. The van der Waals surface area contributed by atoms with Gasteiger partial charge in [0.25, 0.3) is 5.91 Å². The number of rotatable bonds is 4. The third kappa shape index (κ3) is 8.24. The number of ether oxygens (including phenoxy) is 2. The highest BCUT2D eigenvalue weighted by Gasteiger charge is 2.38. The Hall–Kier alpha value is -2.81. The highest BCUT2D eigenvalue weighted by molar-refractivity contribution is 9.08. The maximum Gasteiger partial charge on any atom is 0.373 e. The van der Waals surface area contributed by atoms with Crippen LogP contribution in [0.15, 0.2) is 24.3 Å². The van der Waals surface area contributed by atoms with Gasteiger partial charge in [-0.3, -0.25) is 4.79 Å². The number of carbonyl (C=O) groups is 1. The largest absolute Gasteiger partial charge is 0.481 e. The summed E-state index contributed by atoms with van der Waals surface area (Å²) in [6.45, 7) is 2.68. The maximum atomic E-state index is 11.9. The lowest BCUT2D eigenvalue weighted by atomic mass is 10.2. The van der Waals surface area contributed by atoms with Crippen molar-refractivity contribution in [3.8, 4) is 11.8 Å². The Labute approximate surface area is 201 Å². The van der Waals surface area contributed by atoms with Crippen molar-refractivity contribution in [2.45, 2.75) is 56.6 Å². The summed E-state index contributed by atoms with van der Waals surface area (Å²) >= 11 is 3.35. The van der Waals surface area contributed by atoms with Gasteiger partial charge in [-0.05, 0) is 44.2 Å². The summed E-state index contributed by atoms with van der Waals surface area (Å²) in [5.74, 6) is 1.38. The second-order valence-electron chi connectivity index (χ2n) is 7.68. The Morgan fingerprint density at radius 2 is 1.61 bits per heavy atom. The average molecular weight is 521 g/mol. The van der Waals surface area contributed by atoms with Gasteiger partial charge in [0, 0.05) is 29.5 Å². The molecule has 0 radical (unpaired) electrons. The highest BCUT2D eigenvalue weighted by atomic mass is 79.9. The molecule has 0 saturated heterocycles. The second kappa shape index (κ2) is 13.0. The lowest BCUT2D eigenvalue weighted by molar-refractivity contribution is -0.191. The van der Waals surface area contributed by atoms with E-state index in [9.17, 15) is 4.79 Å². The van der Waals surface area contributed by atoms with Crippen molar-refractivity contribution in [1.29, 1.82) is 0 Å². The lowest BCUT2D eigenvalue weighted by Crippen LogP contribution is -2.25. The number of aryl methyl sites for hydroxylation is 1. The quantitative estimate of drug-likeness (QED) is 0.609. The van der Waals surface area contributed by atoms with Crippen LogP contribution in [0.25, 0.3) is 0 Å². The number of hydrogen-bond donors (Lipinski definition) is 1. The summed E-state index contributed by atoms with van der Waals surface area (Å²) in [4.78, 5) is 38.6. The number of aromatic nitrogens is 2. The second-order valence-corrected chi connectivity index (χ2v) is 8.24. The van der Waals surface area contributed by atoms with E-state index >= 15 is 0 Å². The zero-order valence-electron chi connectivity index (χ0n) is 19.0. The van der Waals surface area contributed by atoms with Crippen molar-refractivity contribution in [3.63, 3.8) is 0 Å². The number of methoxy groups -OCH3 is 2. The normalized spacial score (nSPS) is 15.4. The van der Waals surface area contributed by atoms with E-state index in [2.05, 4.69) is 25.9 Å². The van der Waals surface area contributed by atoms with Gasteiger partial charge < -0.3 is 20.1 Å². The van der Waals surface area contributed by atoms with Crippen LogP contribution in [-0.2, 0) is 21.5 Å². The average Bonchev–Trinajstić information content (AvgIpc) is 3.76. The zero-order valence-corrected chi connectivity index (χ0v) is 20.6. The molecule has 3 aliphatic rings. The highest BCUT2D eigenvalue weighted by Crippen LogP contribution is 2.34. The van der Waals surface area contributed by atoms with Crippen molar-refractivity contribution in [1.82, 2.24) is 14.9 Å². The number of nitrogens with zero attached hydrogens (tertiary/aromatic N) is 3. The van der Waals surface area contributed by atoms with Crippen LogP contribution in [0.5, 0.6) is 11.8 Å². The summed E-state index contributed by atoms with van der Waals surface area (Å²) in [5, 5.41) is 0.774. The lowest BCUT2D eigenvalue weighted by Gasteiger charge is -2.12. The van der Waals surface area contributed by atoms with Gasteiger partial charge in [0.2, 0.25) is 11.8 Å². The molecule has 0 bridgehead atoms. The molecule has 5 rings (SSSR count). The van der Waals surface area contributed by atoms with Crippen molar-refractivity contribution in [2.24, 2.45) is 5.73 Å². The fraction of sp³-hybridized carbons (Fsp3) is 0.478.